The molecule has 1 aliphatic heterocycles. The third-order valence-corrected chi connectivity index (χ3v) is 7.59. The molecule has 2 aromatic heterocycles. The van der Waals surface area contributed by atoms with E-state index in [1.807, 2.05) is 42.5 Å². The highest BCUT2D eigenvalue weighted by Crippen LogP contribution is 2.35. The van der Waals surface area contributed by atoms with Gasteiger partial charge in [-0.25, -0.2) is 0 Å². The molecule has 0 radical (unpaired) electrons. The topological polar surface area (TPSA) is 70.6 Å². The quantitative estimate of drug-likeness (QED) is 0.324. The number of piperazine rings is 1. The normalized spacial score (nSPS) is 15.2. The Balaban J connectivity index is 1.16. The number of pyridine rings is 2. The van der Waals surface area contributed by atoms with Crippen molar-refractivity contribution >= 4 is 17.7 Å². The number of aromatic nitrogens is 2. The Bertz CT molecular complexity index is 1560. The summed E-state index contributed by atoms with van der Waals surface area (Å²) in [5.74, 6) is 1.14. The van der Waals surface area contributed by atoms with Crippen LogP contribution in [-0.4, -0.2) is 58.9 Å². The Morgan fingerprint density at radius 2 is 1.82 bits per heavy atom. The number of anilines is 1. The lowest BCUT2D eigenvalue weighted by Gasteiger charge is -2.32. The van der Waals surface area contributed by atoms with Gasteiger partial charge in [0, 0.05) is 80.0 Å². The van der Waals surface area contributed by atoms with Gasteiger partial charge in [-0.1, -0.05) is 24.3 Å². The Morgan fingerprint density at radius 3 is 2.62 bits per heavy atom. The van der Waals surface area contributed by atoms with Crippen LogP contribution in [0, 0.1) is 6.92 Å². The Morgan fingerprint density at radius 1 is 1.00 bits per heavy atom. The molecular formula is C33H33N5O2. The van der Waals surface area contributed by atoms with Crippen LogP contribution in [0.5, 0.6) is 11.5 Å². The van der Waals surface area contributed by atoms with Crippen molar-refractivity contribution in [2.45, 2.75) is 19.9 Å². The minimum Gasteiger partial charge on any atom is -0.457 e. The lowest BCUT2D eigenvalue weighted by molar-refractivity contribution is 0.102. The van der Waals surface area contributed by atoms with Gasteiger partial charge in [0.25, 0.3) is 5.91 Å². The van der Waals surface area contributed by atoms with Crippen molar-refractivity contribution < 1.29 is 9.53 Å². The van der Waals surface area contributed by atoms with Gasteiger partial charge in [-0.3, -0.25) is 19.7 Å². The largest absolute Gasteiger partial charge is 0.457 e. The Labute approximate surface area is 235 Å². The van der Waals surface area contributed by atoms with Crippen LogP contribution in [-0.2, 0) is 13.0 Å². The van der Waals surface area contributed by atoms with Gasteiger partial charge in [0.1, 0.15) is 11.5 Å². The number of aryl methyl sites for hydroxylation is 1. The highest BCUT2D eigenvalue weighted by Gasteiger charge is 2.18. The second-order valence-electron chi connectivity index (χ2n) is 10.5. The lowest BCUT2D eigenvalue weighted by atomic mass is 10.1. The van der Waals surface area contributed by atoms with E-state index in [0.717, 1.165) is 73.1 Å². The van der Waals surface area contributed by atoms with E-state index in [4.69, 9.17) is 9.72 Å². The van der Waals surface area contributed by atoms with Crippen LogP contribution in [0.15, 0.2) is 79.1 Å². The number of benzene rings is 2. The van der Waals surface area contributed by atoms with Crippen molar-refractivity contribution in [3.63, 3.8) is 0 Å². The van der Waals surface area contributed by atoms with Crippen LogP contribution in [0.1, 0.15) is 32.7 Å². The average molecular weight is 532 g/mol. The van der Waals surface area contributed by atoms with Crippen molar-refractivity contribution in [2.24, 2.45) is 0 Å². The Kier molecular flexibility index (Phi) is 7.40. The molecule has 7 nitrogen and oxygen atoms in total. The van der Waals surface area contributed by atoms with Gasteiger partial charge in [0.15, 0.2) is 0 Å². The number of allylic oxidation sites excluding steroid dienone is 1. The maximum atomic E-state index is 13.2. The zero-order valence-electron chi connectivity index (χ0n) is 22.9. The van der Waals surface area contributed by atoms with E-state index in [9.17, 15) is 4.79 Å². The van der Waals surface area contributed by atoms with Gasteiger partial charge >= 0.3 is 0 Å². The first-order valence-electron chi connectivity index (χ1n) is 13.7. The number of amides is 1. The summed E-state index contributed by atoms with van der Waals surface area (Å²) in [6, 6.07) is 19.3. The molecule has 3 heterocycles. The molecule has 1 aliphatic carbocycles. The number of carbonyl (C=O) groups excluding carboxylic acids is 1. The molecule has 7 heteroatoms. The highest BCUT2D eigenvalue weighted by molar-refractivity contribution is 6.04. The molecule has 0 spiro atoms. The van der Waals surface area contributed by atoms with Gasteiger partial charge in [-0.05, 0) is 67.6 Å². The van der Waals surface area contributed by atoms with Crippen LogP contribution >= 0.6 is 0 Å². The fraction of sp³-hybridized carbons (Fsp3) is 0.242. The van der Waals surface area contributed by atoms with Gasteiger partial charge in [-0.15, -0.1) is 0 Å². The Hall–Kier alpha value is -4.33. The fourth-order valence-electron chi connectivity index (χ4n) is 5.19. The predicted molar refractivity (Wildman–Crippen MR) is 159 cm³/mol. The van der Waals surface area contributed by atoms with E-state index in [2.05, 4.69) is 52.3 Å². The summed E-state index contributed by atoms with van der Waals surface area (Å²) in [5, 5.41) is 3.06. The molecular weight excluding hydrogens is 498 g/mol. The minimum atomic E-state index is -0.172. The third-order valence-electron chi connectivity index (χ3n) is 7.59. The summed E-state index contributed by atoms with van der Waals surface area (Å²) < 4.78 is 6.34. The van der Waals surface area contributed by atoms with Crippen molar-refractivity contribution in [1.82, 2.24) is 19.8 Å². The first-order valence-corrected chi connectivity index (χ1v) is 13.7. The van der Waals surface area contributed by atoms with Crippen molar-refractivity contribution in [3.05, 3.63) is 107 Å². The molecule has 1 fully saturated rings. The number of fused-ring (bicyclic) bond motifs is 1. The molecule has 0 saturated carbocycles. The van der Waals surface area contributed by atoms with E-state index < -0.39 is 0 Å². The van der Waals surface area contributed by atoms with Crippen LogP contribution in [0.3, 0.4) is 0 Å². The first kappa shape index (κ1) is 25.9. The second kappa shape index (κ2) is 11.4. The molecule has 0 atom stereocenters. The number of hydrogen-bond acceptors (Lipinski definition) is 6. The van der Waals surface area contributed by atoms with Gasteiger partial charge < -0.3 is 15.0 Å². The van der Waals surface area contributed by atoms with Crippen molar-refractivity contribution in [2.75, 3.05) is 38.5 Å². The number of rotatable bonds is 7. The zero-order valence-corrected chi connectivity index (χ0v) is 22.9. The summed E-state index contributed by atoms with van der Waals surface area (Å²) in [4.78, 5) is 27.0. The van der Waals surface area contributed by atoms with Crippen LogP contribution < -0.4 is 10.1 Å². The van der Waals surface area contributed by atoms with E-state index in [0.29, 0.717) is 11.3 Å². The lowest BCUT2D eigenvalue weighted by Crippen LogP contribution is -2.43. The number of nitrogens with zero attached hydrogens (tertiary/aromatic N) is 4. The van der Waals surface area contributed by atoms with Crippen LogP contribution in [0.4, 0.5) is 5.69 Å². The molecule has 202 valence electrons. The molecule has 0 bridgehead atoms. The first-order chi connectivity index (χ1) is 19.5. The predicted octanol–water partition coefficient (Wildman–Crippen LogP) is 5.81. The van der Waals surface area contributed by atoms with Crippen LogP contribution in [0.25, 0.3) is 17.3 Å². The maximum absolute atomic E-state index is 13.2. The number of ether oxygens (including phenoxy) is 1. The smallest absolute Gasteiger partial charge is 0.255 e. The summed E-state index contributed by atoms with van der Waals surface area (Å²) >= 11 is 0. The molecule has 4 aromatic rings. The highest BCUT2D eigenvalue weighted by atomic mass is 16.5. The molecule has 1 saturated heterocycles. The number of nitrogens with one attached hydrogen (secondary N) is 1. The summed E-state index contributed by atoms with van der Waals surface area (Å²) in [6.07, 6.45) is 8.41. The molecule has 2 aromatic carbocycles. The van der Waals surface area contributed by atoms with E-state index in [1.54, 1.807) is 24.5 Å². The summed E-state index contributed by atoms with van der Waals surface area (Å²) in [6.45, 7) is 7.40. The molecule has 40 heavy (non-hydrogen) atoms. The monoisotopic (exact) mass is 531 g/mol. The van der Waals surface area contributed by atoms with E-state index in [-0.39, 0.29) is 5.91 Å². The van der Waals surface area contributed by atoms with Gasteiger partial charge in [-0.2, -0.15) is 0 Å². The summed E-state index contributed by atoms with van der Waals surface area (Å²) in [7, 11) is 2.17. The molecule has 0 unspecified atom stereocenters. The number of likely N-dealkylation sites (N-methyl/N-ethyl adjacent to an activating group) is 1. The standard InChI is InChI=1S/C33H33N5O2/c1-23-19-27(10-9-26(23)22-38-17-15-37(2)16-18-38)35-33(39)25-5-3-6-28(20-25)40-32-21-31(24-11-13-34-14-12-24)36-30-8-4-7-29(30)32/h3-7,9-14,19-21H,8,15-18,22H2,1-2H3,(H,35,39). The molecule has 1 N–H and O–H groups in total. The molecule has 6 rings (SSSR count). The third kappa shape index (κ3) is 5.81. The van der Waals surface area contributed by atoms with E-state index >= 15 is 0 Å². The molecule has 2 aliphatic rings. The SMILES string of the molecule is Cc1cc(NC(=O)c2cccc(Oc3cc(-c4ccncc4)nc4c3C=CC4)c2)ccc1CN1CCN(C)CC1. The van der Waals surface area contributed by atoms with Gasteiger partial charge in [0.2, 0.25) is 0 Å². The fourth-order valence-corrected chi connectivity index (χ4v) is 5.19. The zero-order chi connectivity index (χ0) is 27.5. The maximum Gasteiger partial charge on any atom is 0.255 e. The van der Waals surface area contributed by atoms with E-state index in [1.165, 1.54) is 11.1 Å². The summed E-state index contributed by atoms with van der Waals surface area (Å²) in [5.41, 5.74) is 7.56. The average Bonchev–Trinajstić information content (AvgIpc) is 3.46. The molecule has 1 amide bonds. The number of hydrogen-bond donors (Lipinski definition) is 1. The van der Waals surface area contributed by atoms with Crippen molar-refractivity contribution in [1.29, 1.82) is 0 Å². The number of carbonyl (C=O) groups is 1. The van der Waals surface area contributed by atoms with Gasteiger partial charge in [0.05, 0.1) is 11.4 Å². The minimum absolute atomic E-state index is 0.172. The second-order valence-corrected chi connectivity index (χ2v) is 10.5. The van der Waals surface area contributed by atoms with Crippen molar-refractivity contribution in [3.8, 4) is 22.8 Å². The van der Waals surface area contributed by atoms with Crippen LogP contribution in [0.2, 0.25) is 0 Å².